The van der Waals surface area contributed by atoms with E-state index in [9.17, 15) is 14.4 Å². The maximum absolute atomic E-state index is 12.9. The van der Waals surface area contributed by atoms with Crippen LogP contribution < -0.4 is 0 Å². The van der Waals surface area contributed by atoms with E-state index in [1.165, 1.54) is 315 Å². The first-order valence-electron chi connectivity index (χ1n) is 36.7. The van der Waals surface area contributed by atoms with Gasteiger partial charge < -0.3 is 14.2 Å². The fourth-order valence-electron chi connectivity index (χ4n) is 11.5. The van der Waals surface area contributed by atoms with Gasteiger partial charge in [0.05, 0.1) is 0 Å². The van der Waals surface area contributed by atoms with Gasteiger partial charge in [-0.25, -0.2) is 0 Å². The number of hydrogen-bond donors (Lipinski definition) is 0. The van der Waals surface area contributed by atoms with Crippen molar-refractivity contribution in [1.29, 1.82) is 0 Å². The van der Waals surface area contributed by atoms with E-state index in [-0.39, 0.29) is 31.1 Å². The molecule has 0 heterocycles. The summed E-state index contributed by atoms with van der Waals surface area (Å²) in [5.74, 6) is -0.846. The van der Waals surface area contributed by atoms with Gasteiger partial charge in [0.2, 0.25) is 0 Å². The summed E-state index contributed by atoms with van der Waals surface area (Å²) in [6.45, 7) is 6.66. The van der Waals surface area contributed by atoms with Crippen LogP contribution >= 0.6 is 0 Å². The Morgan fingerprint density at radius 1 is 0.237 bits per heavy atom. The Bertz CT molecular complexity index is 1250. The molecule has 0 spiro atoms. The topological polar surface area (TPSA) is 78.9 Å². The summed E-state index contributed by atoms with van der Waals surface area (Å²) < 4.78 is 16.9. The quantitative estimate of drug-likeness (QED) is 0.0261. The van der Waals surface area contributed by atoms with Crippen LogP contribution in [0.15, 0.2) is 12.2 Å². The summed E-state index contributed by atoms with van der Waals surface area (Å²) in [5.41, 5.74) is 0. The monoisotopic (exact) mass is 1130 g/mol. The van der Waals surface area contributed by atoms with Gasteiger partial charge in [0.25, 0.3) is 0 Å². The lowest BCUT2D eigenvalue weighted by Crippen LogP contribution is -2.30. The van der Waals surface area contributed by atoms with Crippen molar-refractivity contribution in [1.82, 2.24) is 0 Å². The molecule has 0 aromatic carbocycles. The lowest BCUT2D eigenvalue weighted by atomic mass is 10.0. The third-order valence-corrected chi connectivity index (χ3v) is 17.0. The van der Waals surface area contributed by atoms with Crippen LogP contribution in [0.25, 0.3) is 0 Å². The summed E-state index contributed by atoms with van der Waals surface area (Å²) >= 11 is 0. The average Bonchev–Trinajstić information content (AvgIpc) is 3.46. The number of hydrogen-bond acceptors (Lipinski definition) is 6. The fourth-order valence-corrected chi connectivity index (χ4v) is 11.5. The van der Waals surface area contributed by atoms with Gasteiger partial charge in [0.1, 0.15) is 13.2 Å². The molecule has 1 unspecified atom stereocenters. The first-order valence-corrected chi connectivity index (χ1v) is 36.7. The van der Waals surface area contributed by atoms with Gasteiger partial charge in [-0.05, 0) is 38.5 Å². The zero-order valence-corrected chi connectivity index (χ0v) is 54.6. The second-order valence-corrected chi connectivity index (χ2v) is 25.2. The van der Waals surface area contributed by atoms with E-state index in [2.05, 4.69) is 32.9 Å². The van der Waals surface area contributed by atoms with Gasteiger partial charge in [-0.1, -0.05) is 380 Å². The summed E-state index contributed by atoms with van der Waals surface area (Å²) in [4.78, 5) is 38.3. The number of allylic oxidation sites excluding steroid dienone is 2. The average molecular weight is 1130 g/mol. The minimum absolute atomic E-state index is 0.0662. The highest BCUT2D eigenvalue weighted by atomic mass is 16.6. The van der Waals surface area contributed by atoms with Crippen LogP contribution in [-0.2, 0) is 28.6 Å². The number of ether oxygens (including phenoxy) is 3. The highest BCUT2D eigenvalue weighted by Gasteiger charge is 2.20. The van der Waals surface area contributed by atoms with Crippen molar-refractivity contribution >= 4 is 17.9 Å². The molecular weight excluding hydrogens is 985 g/mol. The smallest absolute Gasteiger partial charge is 0.306 e. The third kappa shape index (κ3) is 66.9. The number of carbonyl (C=O) groups excluding carboxylic acids is 3. The molecule has 0 aliphatic carbocycles. The van der Waals surface area contributed by atoms with E-state index >= 15 is 0 Å². The molecule has 0 saturated heterocycles. The van der Waals surface area contributed by atoms with Crippen LogP contribution in [-0.4, -0.2) is 37.2 Å². The van der Waals surface area contributed by atoms with Crippen molar-refractivity contribution in [3.8, 4) is 0 Å². The zero-order chi connectivity index (χ0) is 57.8. The van der Waals surface area contributed by atoms with Gasteiger partial charge in [-0.15, -0.1) is 0 Å². The molecule has 0 bridgehead atoms. The Labute approximate surface area is 501 Å². The number of unbranched alkanes of at least 4 members (excludes halogenated alkanes) is 56. The number of esters is 3. The Morgan fingerprint density at radius 2 is 0.438 bits per heavy atom. The van der Waals surface area contributed by atoms with Crippen molar-refractivity contribution < 1.29 is 28.6 Å². The standard InChI is InChI=1S/C74H142O6/c1-4-7-10-13-16-19-22-24-26-28-29-30-31-32-33-34-35-36-37-38-39-40-41-42-43-44-45-47-48-50-52-55-58-61-64-67-73(76)79-70-71(69-78-72(75)66-63-60-57-54-21-18-15-12-9-6-3)80-74(77)68-65-62-59-56-53-51-49-46-27-25-23-20-17-14-11-8-5-2/h12,15,71H,4-11,13-14,16-70H2,1-3H3/b15-12-. The van der Waals surface area contributed by atoms with Gasteiger partial charge in [0.15, 0.2) is 6.10 Å². The van der Waals surface area contributed by atoms with Crippen molar-refractivity contribution in [2.24, 2.45) is 0 Å². The Balaban J connectivity index is 3.97. The minimum atomic E-state index is -0.769. The fraction of sp³-hybridized carbons (Fsp3) is 0.932. The first kappa shape index (κ1) is 78.1. The molecule has 6 heteroatoms. The summed E-state index contributed by atoms with van der Waals surface area (Å²) in [5, 5.41) is 0. The van der Waals surface area contributed by atoms with E-state index in [1.807, 2.05) is 0 Å². The second kappa shape index (κ2) is 69.6. The van der Waals surface area contributed by atoms with E-state index < -0.39 is 6.10 Å². The molecule has 0 aromatic heterocycles. The summed E-state index contributed by atoms with van der Waals surface area (Å²) in [7, 11) is 0. The molecule has 0 N–H and O–H groups in total. The van der Waals surface area contributed by atoms with Crippen LogP contribution in [0, 0.1) is 0 Å². The number of rotatable bonds is 69. The molecule has 0 aliphatic heterocycles. The molecule has 0 rings (SSSR count). The summed E-state index contributed by atoms with van der Waals surface area (Å²) in [6.07, 6.45) is 84.3. The normalized spacial score (nSPS) is 12.0. The Kier molecular flexibility index (Phi) is 68.0. The molecular formula is C74H142O6. The Morgan fingerprint density at radius 3 is 0.675 bits per heavy atom. The minimum Gasteiger partial charge on any atom is -0.462 e. The lowest BCUT2D eigenvalue weighted by Gasteiger charge is -2.18. The van der Waals surface area contributed by atoms with Gasteiger partial charge in [-0.3, -0.25) is 14.4 Å². The van der Waals surface area contributed by atoms with Gasteiger partial charge >= 0.3 is 17.9 Å². The number of carbonyl (C=O) groups is 3. The molecule has 6 nitrogen and oxygen atoms in total. The maximum Gasteiger partial charge on any atom is 0.306 e. The predicted octanol–water partition coefficient (Wildman–Crippen LogP) is 25.2. The van der Waals surface area contributed by atoms with Crippen LogP contribution in [0.2, 0.25) is 0 Å². The molecule has 474 valence electrons. The molecule has 0 saturated carbocycles. The van der Waals surface area contributed by atoms with Crippen molar-refractivity contribution in [2.75, 3.05) is 13.2 Å². The zero-order valence-electron chi connectivity index (χ0n) is 54.6. The summed E-state index contributed by atoms with van der Waals surface area (Å²) in [6, 6.07) is 0. The lowest BCUT2D eigenvalue weighted by molar-refractivity contribution is -0.167. The second-order valence-electron chi connectivity index (χ2n) is 25.2. The molecule has 0 radical (unpaired) electrons. The van der Waals surface area contributed by atoms with Crippen LogP contribution in [0.5, 0.6) is 0 Å². The Hall–Kier alpha value is -1.85. The molecule has 0 aliphatic rings. The molecule has 80 heavy (non-hydrogen) atoms. The van der Waals surface area contributed by atoms with Crippen LogP contribution in [0.4, 0.5) is 0 Å². The van der Waals surface area contributed by atoms with E-state index in [1.54, 1.807) is 0 Å². The molecule has 0 amide bonds. The van der Waals surface area contributed by atoms with Crippen molar-refractivity contribution in [2.45, 2.75) is 431 Å². The van der Waals surface area contributed by atoms with E-state index in [0.717, 1.165) is 70.6 Å². The van der Waals surface area contributed by atoms with Crippen molar-refractivity contribution in [3.63, 3.8) is 0 Å². The highest BCUT2D eigenvalue weighted by Crippen LogP contribution is 2.20. The predicted molar refractivity (Wildman–Crippen MR) is 349 cm³/mol. The third-order valence-electron chi connectivity index (χ3n) is 17.0. The SMILES string of the molecule is CCC/C=C\CCCCCCCC(=O)OCC(COC(=O)CCCCCCCCCCCCCCCCCCCCCCCCCCCCCCCCCCCCC)OC(=O)CCCCCCCCCCCCCCCCCCC. The maximum atomic E-state index is 12.9. The van der Waals surface area contributed by atoms with Crippen LogP contribution in [0.1, 0.15) is 425 Å². The van der Waals surface area contributed by atoms with Gasteiger partial charge in [-0.2, -0.15) is 0 Å². The largest absolute Gasteiger partial charge is 0.462 e. The molecule has 0 aromatic rings. The highest BCUT2D eigenvalue weighted by molar-refractivity contribution is 5.71. The van der Waals surface area contributed by atoms with Gasteiger partial charge in [0, 0.05) is 19.3 Å². The molecule has 1 atom stereocenters. The first-order chi connectivity index (χ1) is 39.5. The molecule has 0 fully saturated rings. The van der Waals surface area contributed by atoms with Crippen LogP contribution in [0.3, 0.4) is 0 Å². The van der Waals surface area contributed by atoms with Crippen molar-refractivity contribution in [3.05, 3.63) is 12.2 Å². The van der Waals surface area contributed by atoms with E-state index in [0.29, 0.717) is 19.3 Å². The van der Waals surface area contributed by atoms with E-state index in [4.69, 9.17) is 14.2 Å².